The van der Waals surface area contributed by atoms with Crippen LogP contribution in [0.15, 0.2) is 36.4 Å². The highest BCUT2D eigenvalue weighted by molar-refractivity contribution is 5.98. The maximum atomic E-state index is 13.0. The lowest BCUT2D eigenvalue weighted by molar-refractivity contribution is -0.166. The van der Waals surface area contributed by atoms with E-state index in [9.17, 15) is 4.79 Å². The van der Waals surface area contributed by atoms with Crippen LogP contribution < -0.4 is 0 Å². The van der Waals surface area contributed by atoms with E-state index in [1.165, 1.54) is 29.2 Å². The summed E-state index contributed by atoms with van der Waals surface area (Å²) in [7, 11) is 0. The van der Waals surface area contributed by atoms with Gasteiger partial charge in [0, 0.05) is 5.56 Å². The molecule has 0 saturated carbocycles. The van der Waals surface area contributed by atoms with Crippen molar-refractivity contribution >= 4 is 22.3 Å². The number of benzene rings is 2. The smallest absolute Gasteiger partial charge is 0.339 e. The number of rotatable bonds is 5. The van der Waals surface area contributed by atoms with Crippen molar-refractivity contribution in [3.05, 3.63) is 53.1 Å². The molecule has 0 spiro atoms. The van der Waals surface area contributed by atoms with Gasteiger partial charge in [-0.15, -0.1) is 0 Å². The van der Waals surface area contributed by atoms with Crippen LogP contribution in [-0.2, 0) is 14.3 Å². The molecular weight excluding hydrogens is 348 g/mol. The van der Waals surface area contributed by atoms with Crippen molar-refractivity contribution in [1.82, 2.24) is 0 Å². The summed E-state index contributed by atoms with van der Waals surface area (Å²) in [5.74, 6) is -0.312. The fourth-order valence-corrected chi connectivity index (χ4v) is 4.05. The summed E-state index contributed by atoms with van der Waals surface area (Å²) in [5.41, 5.74) is 4.06. The molecule has 3 heteroatoms. The molecule has 2 aromatic carbocycles. The number of hydrogen-bond acceptors (Lipinski definition) is 3. The minimum absolute atomic E-state index is 0.312. The highest BCUT2D eigenvalue weighted by atomic mass is 16.6. The Kier molecular flexibility index (Phi) is 6.24. The molecule has 2 aromatic rings. The van der Waals surface area contributed by atoms with Crippen molar-refractivity contribution in [2.45, 2.75) is 72.0 Å². The van der Waals surface area contributed by atoms with Gasteiger partial charge in [-0.3, -0.25) is 0 Å². The molecule has 0 radical (unpaired) electrons. The number of hydrogen-bond donors (Lipinski definition) is 0. The SMILES string of the molecule is CCOC(=O)[C@@H](OC(C)(C)C)c1c(C)cc2ccccc2c1C1=CCCCC1. The summed E-state index contributed by atoms with van der Waals surface area (Å²) < 4.78 is 11.7. The number of allylic oxidation sites excluding steroid dienone is 2. The molecule has 0 aliphatic heterocycles. The van der Waals surface area contributed by atoms with Crippen molar-refractivity contribution in [1.29, 1.82) is 0 Å². The molecule has 0 saturated heterocycles. The third-order valence-corrected chi connectivity index (χ3v) is 5.14. The predicted octanol–water partition coefficient (Wildman–Crippen LogP) is 6.52. The second-order valence-electron chi connectivity index (χ2n) is 8.54. The van der Waals surface area contributed by atoms with Crippen molar-refractivity contribution in [3.63, 3.8) is 0 Å². The predicted molar refractivity (Wildman–Crippen MR) is 115 cm³/mol. The summed E-state index contributed by atoms with van der Waals surface area (Å²) in [6, 6.07) is 10.6. The van der Waals surface area contributed by atoms with E-state index in [0.29, 0.717) is 6.61 Å². The van der Waals surface area contributed by atoms with Gasteiger partial charge in [0.05, 0.1) is 12.2 Å². The first-order valence-corrected chi connectivity index (χ1v) is 10.4. The fraction of sp³-hybridized carbons (Fsp3) is 0.480. The lowest BCUT2D eigenvalue weighted by atomic mass is 9.83. The second kappa shape index (κ2) is 8.48. The third-order valence-electron chi connectivity index (χ3n) is 5.14. The minimum Gasteiger partial charge on any atom is -0.464 e. The molecule has 3 nitrogen and oxygen atoms in total. The van der Waals surface area contributed by atoms with Crippen molar-refractivity contribution in [2.24, 2.45) is 0 Å². The molecule has 0 amide bonds. The second-order valence-corrected chi connectivity index (χ2v) is 8.54. The van der Waals surface area contributed by atoms with Gasteiger partial charge in [0.1, 0.15) is 0 Å². The van der Waals surface area contributed by atoms with Crippen LogP contribution >= 0.6 is 0 Å². The van der Waals surface area contributed by atoms with Gasteiger partial charge < -0.3 is 9.47 Å². The van der Waals surface area contributed by atoms with E-state index in [-0.39, 0.29) is 5.97 Å². The van der Waals surface area contributed by atoms with E-state index in [2.05, 4.69) is 43.3 Å². The van der Waals surface area contributed by atoms with Gasteiger partial charge in [-0.1, -0.05) is 36.4 Å². The fourth-order valence-electron chi connectivity index (χ4n) is 4.05. The van der Waals surface area contributed by atoms with Crippen LogP contribution in [0.25, 0.3) is 16.3 Å². The first-order chi connectivity index (χ1) is 13.3. The van der Waals surface area contributed by atoms with Gasteiger partial charge in [-0.05, 0) is 87.8 Å². The lowest BCUT2D eigenvalue weighted by Crippen LogP contribution is -2.30. The van der Waals surface area contributed by atoms with Gasteiger partial charge >= 0.3 is 5.97 Å². The zero-order chi connectivity index (χ0) is 20.3. The number of esters is 1. The maximum absolute atomic E-state index is 13.0. The summed E-state index contributed by atoms with van der Waals surface area (Å²) >= 11 is 0. The summed E-state index contributed by atoms with van der Waals surface area (Å²) in [6.07, 6.45) is 6.13. The largest absolute Gasteiger partial charge is 0.464 e. The highest BCUT2D eigenvalue weighted by Gasteiger charge is 2.33. The van der Waals surface area contributed by atoms with Crippen molar-refractivity contribution < 1.29 is 14.3 Å². The monoisotopic (exact) mass is 380 g/mol. The minimum atomic E-state index is -0.734. The van der Waals surface area contributed by atoms with Crippen LogP contribution in [0.3, 0.4) is 0 Å². The lowest BCUT2D eigenvalue weighted by Gasteiger charge is -2.30. The zero-order valence-electron chi connectivity index (χ0n) is 17.8. The Hall–Kier alpha value is -2.13. The standard InChI is InChI=1S/C25H32O3/c1-6-27-24(26)23(28-25(3,4)5)21-17(2)16-19-14-10-11-15-20(19)22(21)18-12-8-7-9-13-18/h10-12,14-16,23H,6-9,13H2,1-5H3/t23-/m0/s1. The van der Waals surface area contributed by atoms with E-state index in [4.69, 9.17) is 9.47 Å². The molecule has 1 atom stereocenters. The average Bonchev–Trinajstić information content (AvgIpc) is 2.65. The summed E-state index contributed by atoms with van der Waals surface area (Å²) in [6.45, 7) is 10.2. The third kappa shape index (κ3) is 4.47. The van der Waals surface area contributed by atoms with Gasteiger partial charge in [0.2, 0.25) is 0 Å². The Morgan fingerprint density at radius 3 is 2.57 bits per heavy atom. The number of carbonyl (C=O) groups is 1. The Balaban J connectivity index is 2.28. The number of aryl methyl sites for hydroxylation is 1. The molecule has 1 aliphatic rings. The topological polar surface area (TPSA) is 35.5 Å². The maximum Gasteiger partial charge on any atom is 0.339 e. The van der Waals surface area contributed by atoms with Gasteiger partial charge in [-0.2, -0.15) is 0 Å². The quantitative estimate of drug-likeness (QED) is 0.554. The summed E-state index contributed by atoms with van der Waals surface area (Å²) in [5, 5.41) is 2.38. The van der Waals surface area contributed by atoms with Crippen molar-refractivity contribution in [3.8, 4) is 0 Å². The number of fused-ring (bicyclic) bond motifs is 1. The average molecular weight is 381 g/mol. The Morgan fingerprint density at radius 2 is 1.93 bits per heavy atom. The van der Waals surface area contributed by atoms with E-state index in [1.807, 2.05) is 27.7 Å². The van der Waals surface area contributed by atoms with Crippen LogP contribution in [0.2, 0.25) is 0 Å². The molecule has 1 aliphatic carbocycles. The molecule has 0 bridgehead atoms. The number of carbonyl (C=O) groups excluding carboxylic acids is 1. The molecule has 28 heavy (non-hydrogen) atoms. The molecular formula is C25H32O3. The van der Waals surface area contributed by atoms with E-state index in [1.54, 1.807) is 0 Å². The molecule has 3 rings (SSSR count). The highest BCUT2D eigenvalue weighted by Crippen LogP contribution is 2.41. The van der Waals surface area contributed by atoms with Crippen LogP contribution in [0.1, 0.15) is 76.2 Å². The number of ether oxygens (including phenoxy) is 2. The van der Waals surface area contributed by atoms with Gasteiger partial charge in [0.15, 0.2) is 6.10 Å². The van der Waals surface area contributed by atoms with Crippen LogP contribution in [0.4, 0.5) is 0 Å². The van der Waals surface area contributed by atoms with Crippen molar-refractivity contribution in [2.75, 3.05) is 6.61 Å². The first kappa shape index (κ1) is 20.6. The first-order valence-electron chi connectivity index (χ1n) is 10.4. The van der Waals surface area contributed by atoms with Crippen LogP contribution in [0, 0.1) is 6.92 Å². The molecule has 0 N–H and O–H groups in total. The Bertz CT molecular complexity index is 887. The van der Waals surface area contributed by atoms with Gasteiger partial charge in [-0.25, -0.2) is 4.79 Å². The van der Waals surface area contributed by atoms with Crippen LogP contribution in [-0.4, -0.2) is 18.2 Å². The Labute approximate surface area is 168 Å². The normalized spacial score (nSPS) is 16.0. The Morgan fingerprint density at radius 1 is 1.18 bits per heavy atom. The van der Waals surface area contributed by atoms with Crippen LogP contribution in [0.5, 0.6) is 0 Å². The summed E-state index contributed by atoms with van der Waals surface area (Å²) in [4.78, 5) is 13.0. The molecule has 0 aromatic heterocycles. The molecule has 0 heterocycles. The zero-order valence-corrected chi connectivity index (χ0v) is 17.8. The van der Waals surface area contributed by atoms with Gasteiger partial charge in [0.25, 0.3) is 0 Å². The molecule has 150 valence electrons. The molecule has 0 unspecified atom stereocenters. The van der Waals surface area contributed by atoms with E-state index < -0.39 is 11.7 Å². The van der Waals surface area contributed by atoms with E-state index >= 15 is 0 Å². The molecule has 0 fully saturated rings. The van der Waals surface area contributed by atoms with E-state index in [0.717, 1.165) is 29.5 Å².